The summed E-state index contributed by atoms with van der Waals surface area (Å²) in [6, 6.07) is 1.64. The van der Waals surface area contributed by atoms with Crippen molar-refractivity contribution in [2.75, 3.05) is 39.3 Å². The fraction of sp³-hybridized carbons (Fsp3) is 0.667. The summed E-state index contributed by atoms with van der Waals surface area (Å²) in [4.78, 5) is 14.1. The van der Waals surface area contributed by atoms with E-state index in [1.807, 2.05) is 0 Å². The number of piperazine rings is 1. The van der Waals surface area contributed by atoms with Gasteiger partial charge in [-0.1, -0.05) is 5.16 Å². The van der Waals surface area contributed by atoms with Crippen LogP contribution >= 0.6 is 0 Å². The average molecular weight is 252 g/mol. The summed E-state index contributed by atoms with van der Waals surface area (Å²) in [5.74, 6) is 0.494. The van der Waals surface area contributed by atoms with Gasteiger partial charge in [-0.2, -0.15) is 0 Å². The summed E-state index contributed by atoms with van der Waals surface area (Å²) < 4.78 is 4.86. The maximum Gasteiger partial charge on any atom is 0.273 e. The molecule has 1 saturated heterocycles. The summed E-state index contributed by atoms with van der Waals surface area (Å²) in [5, 5.41) is 9.84. The number of nitrogens with zero attached hydrogens (tertiary/aromatic N) is 2. The lowest BCUT2D eigenvalue weighted by molar-refractivity contribution is 0.0942. The van der Waals surface area contributed by atoms with Gasteiger partial charge in [0.25, 0.3) is 5.91 Å². The summed E-state index contributed by atoms with van der Waals surface area (Å²) in [5.41, 5.74) is 0.356. The van der Waals surface area contributed by atoms with E-state index in [0.29, 0.717) is 18.0 Å². The van der Waals surface area contributed by atoms with Gasteiger partial charge in [0.05, 0.1) is 0 Å². The van der Waals surface area contributed by atoms with Gasteiger partial charge in [-0.05, 0) is 19.9 Å². The third kappa shape index (κ3) is 3.82. The molecule has 1 amide bonds. The van der Waals surface area contributed by atoms with E-state index in [0.717, 1.165) is 39.1 Å². The summed E-state index contributed by atoms with van der Waals surface area (Å²) in [6.45, 7) is 7.78. The molecule has 2 heterocycles. The minimum atomic E-state index is -0.160. The quantitative estimate of drug-likeness (QED) is 0.722. The molecule has 100 valence electrons. The zero-order valence-corrected chi connectivity index (χ0v) is 10.7. The van der Waals surface area contributed by atoms with Crippen LogP contribution in [0.4, 0.5) is 0 Å². The molecular weight excluding hydrogens is 232 g/mol. The largest absolute Gasteiger partial charge is 0.361 e. The maximum atomic E-state index is 11.7. The molecule has 1 fully saturated rings. The molecule has 1 aromatic heterocycles. The van der Waals surface area contributed by atoms with Crippen LogP contribution in [0.3, 0.4) is 0 Å². The van der Waals surface area contributed by atoms with Crippen LogP contribution in [0.1, 0.15) is 22.7 Å². The molecule has 1 aliphatic rings. The predicted octanol–water partition coefficient (Wildman–Crippen LogP) is 0.00812. The van der Waals surface area contributed by atoms with Crippen molar-refractivity contribution < 1.29 is 9.32 Å². The number of hydrogen-bond donors (Lipinski definition) is 2. The highest BCUT2D eigenvalue weighted by Gasteiger charge is 2.11. The van der Waals surface area contributed by atoms with Gasteiger partial charge in [-0.25, -0.2) is 0 Å². The van der Waals surface area contributed by atoms with E-state index in [1.54, 1.807) is 13.0 Å². The van der Waals surface area contributed by atoms with Gasteiger partial charge in [0.2, 0.25) is 0 Å². The maximum absolute atomic E-state index is 11.7. The topological polar surface area (TPSA) is 70.4 Å². The van der Waals surface area contributed by atoms with Crippen LogP contribution in [-0.4, -0.2) is 55.2 Å². The van der Waals surface area contributed by atoms with E-state index < -0.39 is 0 Å². The summed E-state index contributed by atoms with van der Waals surface area (Å²) >= 11 is 0. The highest BCUT2D eigenvalue weighted by molar-refractivity contribution is 5.92. The van der Waals surface area contributed by atoms with Crippen LogP contribution in [0, 0.1) is 6.92 Å². The monoisotopic (exact) mass is 252 g/mol. The van der Waals surface area contributed by atoms with Crippen LogP contribution < -0.4 is 10.6 Å². The Bertz CT molecular complexity index is 385. The zero-order chi connectivity index (χ0) is 12.8. The molecule has 0 aromatic carbocycles. The van der Waals surface area contributed by atoms with Crippen molar-refractivity contribution in [3.05, 3.63) is 17.5 Å². The fourth-order valence-electron chi connectivity index (χ4n) is 2.00. The molecule has 0 radical (unpaired) electrons. The SMILES string of the molecule is Cc1cc(C(=O)NCCCN2CCNCC2)no1. The molecule has 2 rings (SSSR count). The smallest absolute Gasteiger partial charge is 0.273 e. The van der Waals surface area contributed by atoms with Crippen molar-refractivity contribution in [1.29, 1.82) is 0 Å². The second-order valence-corrected chi connectivity index (χ2v) is 4.52. The molecule has 0 atom stereocenters. The number of rotatable bonds is 5. The van der Waals surface area contributed by atoms with Crippen molar-refractivity contribution in [3.8, 4) is 0 Å². The lowest BCUT2D eigenvalue weighted by Crippen LogP contribution is -2.44. The molecule has 1 aliphatic heterocycles. The molecular formula is C12H20N4O2. The fourth-order valence-corrected chi connectivity index (χ4v) is 2.00. The van der Waals surface area contributed by atoms with E-state index in [1.165, 1.54) is 0 Å². The first-order valence-corrected chi connectivity index (χ1v) is 6.40. The normalized spacial score (nSPS) is 16.7. The Morgan fingerprint density at radius 2 is 2.33 bits per heavy atom. The summed E-state index contributed by atoms with van der Waals surface area (Å²) in [7, 11) is 0. The highest BCUT2D eigenvalue weighted by Crippen LogP contribution is 2.01. The molecule has 18 heavy (non-hydrogen) atoms. The van der Waals surface area contributed by atoms with Crippen molar-refractivity contribution in [3.63, 3.8) is 0 Å². The van der Waals surface area contributed by atoms with Gasteiger partial charge < -0.3 is 20.1 Å². The van der Waals surface area contributed by atoms with E-state index in [2.05, 4.69) is 20.7 Å². The van der Waals surface area contributed by atoms with E-state index in [9.17, 15) is 4.79 Å². The second-order valence-electron chi connectivity index (χ2n) is 4.52. The Kier molecular flexibility index (Phi) is 4.72. The predicted molar refractivity (Wildman–Crippen MR) is 67.5 cm³/mol. The molecule has 1 aromatic rings. The lowest BCUT2D eigenvalue weighted by atomic mass is 10.3. The van der Waals surface area contributed by atoms with Gasteiger partial charge in [-0.3, -0.25) is 4.79 Å². The number of carbonyl (C=O) groups is 1. The number of aromatic nitrogens is 1. The van der Waals surface area contributed by atoms with Crippen molar-refractivity contribution in [2.45, 2.75) is 13.3 Å². The second kappa shape index (κ2) is 6.51. The Hall–Kier alpha value is -1.40. The molecule has 2 N–H and O–H groups in total. The number of nitrogens with one attached hydrogen (secondary N) is 2. The van der Waals surface area contributed by atoms with E-state index in [4.69, 9.17) is 4.52 Å². The van der Waals surface area contributed by atoms with Crippen LogP contribution in [0.5, 0.6) is 0 Å². The standard InChI is InChI=1S/C12H20N4O2/c1-10-9-11(15-18-10)12(17)14-3-2-6-16-7-4-13-5-8-16/h9,13H,2-8H2,1H3,(H,14,17). The highest BCUT2D eigenvalue weighted by atomic mass is 16.5. The third-order valence-corrected chi connectivity index (χ3v) is 3.01. The van der Waals surface area contributed by atoms with Crippen LogP contribution in [-0.2, 0) is 0 Å². The lowest BCUT2D eigenvalue weighted by Gasteiger charge is -2.26. The van der Waals surface area contributed by atoms with E-state index in [-0.39, 0.29) is 5.91 Å². The molecule has 6 heteroatoms. The van der Waals surface area contributed by atoms with Gasteiger partial charge in [0.15, 0.2) is 5.69 Å². The Morgan fingerprint density at radius 3 is 3.00 bits per heavy atom. The van der Waals surface area contributed by atoms with Gasteiger partial charge >= 0.3 is 0 Å². The van der Waals surface area contributed by atoms with Crippen molar-refractivity contribution in [1.82, 2.24) is 20.7 Å². The molecule has 0 spiro atoms. The van der Waals surface area contributed by atoms with Gasteiger partial charge in [-0.15, -0.1) is 0 Å². The van der Waals surface area contributed by atoms with Crippen molar-refractivity contribution in [2.24, 2.45) is 0 Å². The number of amides is 1. The Balaban J connectivity index is 1.61. The van der Waals surface area contributed by atoms with Crippen LogP contribution in [0.25, 0.3) is 0 Å². The minimum absolute atomic E-state index is 0.160. The first-order valence-electron chi connectivity index (χ1n) is 6.40. The molecule has 0 bridgehead atoms. The average Bonchev–Trinajstić information content (AvgIpc) is 2.82. The minimum Gasteiger partial charge on any atom is -0.361 e. The van der Waals surface area contributed by atoms with Gasteiger partial charge in [0, 0.05) is 38.8 Å². The van der Waals surface area contributed by atoms with Gasteiger partial charge in [0.1, 0.15) is 5.76 Å². The van der Waals surface area contributed by atoms with Crippen LogP contribution in [0.2, 0.25) is 0 Å². The number of hydrogen-bond acceptors (Lipinski definition) is 5. The molecule has 0 aliphatic carbocycles. The third-order valence-electron chi connectivity index (χ3n) is 3.01. The first kappa shape index (κ1) is 13.0. The number of aryl methyl sites for hydroxylation is 1. The zero-order valence-electron chi connectivity index (χ0n) is 10.7. The van der Waals surface area contributed by atoms with E-state index >= 15 is 0 Å². The summed E-state index contributed by atoms with van der Waals surface area (Å²) in [6.07, 6.45) is 0.961. The Labute approximate surface area is 107 Å². The Morgan fingerprint density at radius 1 is 1.56 bits per heavy atom. The van der Waals surface area contributed by atoms with Crippen molar-refractivity contribution >= 4 is 5.91 Å². The molecule has 0 unspecified atom stereocenters. The van der Waals surface area contributed by atoms with Crippen LogP contribution in [0.15, 0.2) is 10.6 Å². The molecule has 0 saturated carbocycles. The molecule has 6 nitrogen and oxygen atoms in total. The first-order chi connectivity index (χ1) is 8.75. The number of carbonyl (C=O) groups excluding carboxylic acids is 1.